The molecule has 0 N–H and O–H groups in total. The van der Waals surface area contributed by atoms with Crippen molar-refractivity contribution in [3.63, 3.8) is 0 Å². The van der Waals surface area contributed by atoms with Gasteiger partial charge in [0.05, 0.1) is 53.9 Å². The van der Waals surface area contributed by atoms with Gasteiger partial charge in [-0.2, -0.15) is 0 Å². The molecule has 0 atom stereocenters. The van der Waals surface area contributed by atoms with Crippen molar-refractivity contribution in [1.82, 2.24) is 0 Å². The molecule has 0 bridgehead atoms. The van der Waals surface area contributed by atoms with Crippen molar-refractivity contribution in [2.75, 3.05) is 28.4 Å². The number of ether oxygens (including phenoxy) is 4. The zero-order valence-electron chi connectivity index (χ0n) is 18.7. The third-order valence-electron chi connectivity index (χ3n) is 4.14. The number of esters is 4. The van der Waals surface area contributed by atoms with E-state index < -0.39 is 23.9 Å². The Morgan fingerprint density at radius 1 is 0.444 bits per heavy atom. The molecule has 4 heterocycles. The van der Waals surface area contributed by atoms with Crippen LogP contribution in [0.25, 0.3) is 0 Å². The van der Waals surface area contributed by atoms with Crippen molar-refractivity contribution >= 4 is 118 Å². The largest absolute Gasteiger partial charge is 0.465 e. The van der Waals surface area contributed by atoms with Crippen LogP contribution in [0.3, 0.4) is 0 Å². The second-order valence-electron chi connectivity index (χ2n) is 6.22. The molecule has 0 saturated carbocycles. The summed E-state index contributed by atoms with van der Waals surface area (Å²) in [5.74, 6) is -2.29. The van der Waals surface area contributed by atoms with Crippen molar-refractivity contribution in [2.24, 2.45) is 0 Å². The average molecular weight is 639 g/mol. The molecule has 4 aliphatic rings. The molecule has 0 aromatic rings. The summed E-state index contributed by atoms with van der Waals surface area (Å²) in [4.78, 5) is 49.2. The summed E-state index contributed by atoms with van der Waals surface area (Å²) >= 11 is 11.2. The number of thioether (sulfide) groups is 8. The molecule has 0 aliphatic carbocycles. The lowest BCUT2D eigenvalue weighted by atomic mass is 10.5. The van der Waals surface area contributed by atoms with Crippen LogP contribution in [0.1, 0.15) is 0 Å². The van der Waals surface area contributed by atoms with E-state index in [1.807, 2.05) is 12.2 Å². The smallest absolute Gasteiger partial charge is 0.346 e. The number of methoxy groups -OCH3 is 4. The number of hydrogen-bond acceptors (Lipinski definition) is 16. The van der Waals surface area contributed by atoms with Gasteiger partial charge in [0.25, 0.3) is 0 Å². The molecule has 0 fully saturated rings. The van der Waals surface area contributed by atoms with E-state index in [1.165, 1.54) is 75.5 Å². The standard InChI is InChI=1S/C20H14O8S8/c1-25-13(21)9-10(14(22)26-2)30-7(29-9)5-6-8-31-17-18(32-8)36-20(35-17)19-33-11(15(23)27-3)12(34-19)16(24)28-4/h5-6H,1-4H3. The summed E-state index contributed by atoms with van der Waals surface area (Å²) in [5, 5.41) is 0. The Kier molecular flexibility index (Phi) is 9.63. The Bertz CT molecular complexity index is 1170. The van der Waals surface area contributed by atoms with Crippen molar-refractivity contribution in [3.8, 4) is 0 Å². The fraction of sp³-hybridized carbons (Fsp3) is 0.200. The molecule has 0 radical (unpaired) electrons. The van der Waals surface area contributed by atoms with E-state index in [0.717, 1.165) is 25.4 Å². The molecule has 4 rings (SSSR count). The first-order valence-corrected chi connectivity index (χ1v) is 16.0. The minimum Gasteiger partial charge on any atom is -0.465 e. The van der Waals surface area contributed by atoms with Crippen LogP contribution in [0.15, 0.2) is 57.2 Å². The lowest BCUT2D eigenvalue weighted by Gasteiger charge is -2.05. The van der Waals surface area contributed by atoms with E-state index >= 15 is 0 Å². The lowest BCUT2D eigenvalue weighted by molar-refractivity contribution is -0.138. The molecule has 0 unspecified atom stereocenters. The molecule has 0 amide bonds. The van der Waals surface area contributed by atoms with E-state index in [1.54, 1.807) is 47.0 Å². The number of rotatable bonds is 5. The molecule has 0 spiro atoms. The van der Waals surface area contributed by atoms with E-state index in [2.05, 4.69) is 0 Å². The summed E-state index contributed by atoms with van der Waals surface area (Å²) < 4.78 is 25.0. The first kappa shape index (κ1) is 28.1. The van der Waals surface area contributed by atoms with Crippen molar-refractivity contribution in [2.45, 2.75) is 0 Å². The van der Waals surface area contributed by atoms with E-state index in [-0.39, 0.29) is 19.6 Å². The van der Waals surface area contributed by atoms with Gasteiger partial charge >= 0.3 is 23.9 Å². The Labute approximate surface area is 240 Å². The molecule has 0 saturated heterocycles. The van der Waals surface area contributed by atoms with Gasteiger partial charge in [-0.3, -0.25) is 0 Å². The van der Waals surface area contributed by atoms with E-state index in [9.17, 15) is 19.2 Å². The van der Waals surface area contributed by atoms with Gasteiger partial charge in [0, 0.05) is 0 Å². The Balaban J connectivity index is 1.41. The third-order valence-corrected chi connectivity index (χ3v) is 15.2. The Morgan fingerprint density at radius 2 is 0.722 bits per heavy atom. The Hall–Kier alpha value is -0.880. The van der Waals surface area contributed by atoms with Crippen LogP contribution in [0.4, 0.5) is 0 Å². The first-order chi connectivity index (χ1) is 17.3. The van der Waals surface area contributed by atoms with Crippen LogP contribution < -0.4 is 0 Å². The fourth-order valence-electron chi connectivity index (χ4n) is 2.56. The predicted octanol–water partition coefficient (Wildman–Crippen LogP) is 5.96. The molecule has 36 heavy (non-hydrogen) atoms. The van der Waals surface area contributed by atoms with Crippen LogP contribution in [0, 0.1) is 0 Å². The van der Waals surface area contributed by atoms with Crippen LogP contribution in [-0.2, 0) is 38.1 Å². The quantitative estimate of drug-likeness (QED) is 0.261. The lowest BCUT2D eigenvalue weighted by Crippen LogP contribution is -2.08. The molecule has 4 aliphatic heterocycles. The van der Waals surface area contributed by atoms with Gasteiger partial charge in [0.1, 0.15) is 19.6 Å². The summed E-state index contributed by atoms with van der Waals surface area (Å²) in [7, 11) is 5.08. The second kappa shape index (κ2) is 12.3. The fourth-order valence-corrected chi connectivity index (χ4v) is 13.8. The second-order valence-corrected chi connectivity index (χ2v) is 16.1. The summed E-state index contributed by atoms with van der Waals surface area (Å²) in [6, 6.07) is 0. The maximum Gasteiger partial charge on any atom is 0.346 e. The molecule has 190 valence electrons. The molecule has 8 nitrogen and oxygen atoms in total. The van der Waals surface area contributed by atoms with Gasteiger partial charge in [-0.15, -0.1) is 0 Å². The average Bonchev–Trinajstić information content (AvgIpc) is 3.66. The van der Waals surface area contributed by atoms with E-state index in [4.69, 9.17) is 18.9 Å². The number of hydrogen-bond donors (Lipinski definition) is 0. The van der Waals surface area contributed by atoms with Crippen molar-refractivity contribution < 1.29 is 38.1 Å². The van der Waals surface area contributed by atoms with Gasteiger partial charge in [-0.1, -0.05) is 94.1 Å². The van der Waals surface area contributed by atoms with Crippen LogP contribution in [-0.4, -0.2) is 52.3 Å². The normalized spacial score (nSPS) is 19.2. The van der Waals surface area contributed by atoms with Gasteiger partial charge in [0.2, 0.25) is 0 Å². The molecule has 0 aromatic carbocycles. The first-order valence-electron chi connectivity index (χ1n) is 9.44. The zero-order valence-corrected chi connectivity index (χ0v) is 25.2. The highest BCUT2D eigenvalue weighted by molar-refractivity contribution is 8.49. The third kappa shape index (κ3) is 5.90. The predicted molar refractivity (Wildman–Crippen MR) is 153 cm³/mol. The van der Waals surface area contributed by atoms with Crippen LogP contribution >= 0.6 is 94.1 Å². The van der Waals surface area contributed by atoms with Gasteiger partial charge in [-0.05, 0) is 12.2 Å². The number of carbonyl (C=O) groups is 4. The highest BCUT2D eigenvalue weighted by atomic mass is 32.3. The molecular weight excluding hydrogens is 625 g/mol. The molecule has 16 heteroatoms. The molecule has 0 aromatic heterocycles. The molecular formula is C20H14O8S8. The Morgan fingerprint density at radius 3 is 1.08 bits per heavy atom. The van der Waals surface area contributed by atoms with Gasteiger partial charge in [-0.25, -0.2) is 19.2 Å². The number of carbonyl (C=O) groups excluding carboxylic acids is 4. The monoisotopic (exact) mass is 638 g/mol. The highest BCUT2D eigenvalue weighted by Crippen LogP contribution is 2.69. The number of allylic oxidation sites excluding steroid dienone is 2. The topological polar surface area (TPSA) is 105 Å². The zero-order chi connectivity index (χ0) is 26.0. The van der Waals surface area contributed by atoms with Gasteiger partial charge in [0.15, 0.2) is 0 Å². The van der Waals surface area contributed by atoms with Crippen LogP contribution in [0.2, 0.25) is 0 Å². The maximum absolute atomic E-state index is 12.1. The van der Waals surface area contributed by atoms with Crippen molar-refractivity contribution in [1.29, 1.82) is 0 Å². The van der Waals surface area contributed by atoms with Crippen LogP contribution in [0.5, 0.6) is 0 Å². The van der Waals surface area contributed by atoms with Gasteiger partial charge < -0.3 is 18.9 Å². The summed E-state index contributed by atoms with van der Waals surface area (Å²) in [5.41, 5.74) is 0. The summed E-state index contributed by atoms with van der Waals surface area (Å²) in [6.45, 7) is 0. The highest BCUT2D eigenvalue weighted by Gasteiger charge is 2.38. The maximum atomic E-state index is 12.1. The van der Waals surface area contributed by atoms with Crippen molar-refractivity contribution in [3.05, 3.63) is 57.2 Å². The summed E-state index contributed by atoms with van der Waals surface area (Å²) in [6.07, 6.45) is 3.80. The minimum atomic E-state index is -0.578. The van der Waals surface area contributed by atoms with E-state index in [0.29, 0.717) is 0 Å². The SMILES string of the molecule is COC(=O)C1=C(C(=O)OC)SC(=CC=C2SC3=C(S2)SC(=C2SC(C(=O)OC)=C(C(=O)OC)S2)S3)S1. The minimum absolute atomic E-state index is 0.214.